The molecule has 0 saturated heterocycles. The predicted octanol–water partition coefficient (Wildman–Crippen LogP) is 4.15. The summed E-state index contributed by atoms with van der Waals surface area (Å²) in [6.07, 6.45) is 6.24. The second-order valence-electron chi connectivity index (χ2n) is 6.73. The summed E-state index contributed by atoms with van der Waals surface area (Å²) >= 11 is 0. The van der Waals surface area contributed by atoms with Gasteiger partial charge in [-0.1, -0.05) is 6.07 Å². The van der Waals surface area contributed by atoms with Crippen molar-refractivity contribution in [3.8, 4) is 11.1 Å². The lowest BCUT2D eigenvalue weighted by atomic mass is 10.1. The lowest BCUT2D eigenvalue weighted by Gasteiger charge is -2.04. The summed E-state index contributed by atoms with van der Waals surface area (Å²) in [4.78, 5) is 12.6. The van der Waals surface area contributed by atoms with E-state index in [1.165, 1.54) is 37.1 Å². The number of nitrogens with zero attached hydrogens (tertiary/aromatic N) is 3. The molecule has 1 fully saturated rings. The molecule has 2 N–H and O–H groups in total. The van der Waals surface area contributed by atoms with Crippen LogP contribution in [-0.4, -0.2) is 25.9 Å². The Morgan fingerprint density at radius 1 is 1.15 bits per heavy atom. The number of fused-ring (bicyclic) bond motifs is 1. The molecule has 6 nitrogen and oxygen atoms in total. The molecule has 1 amide bonds. The van der Waals surface area contributed by atoms with E-state index in [4.69, 9.17) is 0 Å². The van der Waals surface area contributed by atoms with Gasteiger partial charge in [0.2, 0.25) is 0 Å². The zero-order chi connectivity index (χ0) is 18.4. The SMILES string of the molecule is O=C(Nc1ccc(F)cc1)c1n[nH]c2ccc(-c3cnn(C4CC4)c3)cc12. The highest BCUT2D eigenvalue weighted by molar-refractivity contribution is 6.11. The first kappa shape index (κ1) is 15.7. The summed E-state index contributed by atoms with van der Waals surface area (Å²) in [5.74, 6) is -0.701. The van der Waals surface area contributed by atoms with E-state index in [1.807, 2.05) is 35.3 Å². The van der Waals surface area contributed by atoms with Crippen LogP contribution in [0.5, 0.6) is 0 Å². The molecule has 1 aliphatic rings. The maximum absolute atomic E-state index is 13.0. The maximum Gasteiger partial charge on any atom is 0.276 e. The van der Waals surface area contributed by atoms with Crippen molar-refractivity contribution in [2.75, 3.05) is 5.32 Å². The first-order chi connectivity index (χ1) is 13.2. The third-order valence-corrected chi connectivity index (χ3v) is 4.74. The van der Waals surface area contributed by atoms with Gasteiger partial charge in [0, 0.05) is 22.8 Å². The Balaban J connectivity index is 1.47. The van der Waals surface area contributed by atoms with E-state index in [-0.39, 0.29) is 11.7 Å². The number of H-pyrrole nitrogens is 1. The Kier molecular flexibility index (Phi) is 3.53. The first-order valence-electron chi connectivity index (χ1n) is 8.77. The number of aromatic amines is 1. The van der Waals surface area contributed by atoms with Gasteiger partial charge in [-0.15, -0.1) is 0 Å². The number of carbonyl (C=O) groups is 1. The zero-order valence-corrected chi connectivity index (χ0v) is 14.3. The molecule has 0 spiro atoms. The fourth-order valence-corrected chi connectivity index (χ4v) is 3.12. The molecule has 0 unspecified atom stereocenters. The van der Waals surface area contributed by atoms with E-state index in [1.54, 1.807) is 0 Å². The van der Waals surface area contributed by atoms with Crippen LogP contribution in [0.1, 0.15) is 29.4 Å². The minimum atomic E-state index is -0.352. The fourth-order valence-electron chi connectivity index (χ4n) is 3.12. The molecule has 1 aliphatic carbocycles. The summed E-state index contributed by atoms with van der Waals surface area (Å²) in [6, 6.07) is 12.0. The average molecular weight is 361 g/mol. The summed E-state index contributed by atoms with van der Waals surface area (Å²) in [5, 5.41) is 14.9. The Bertz CT molecular complexity index is 1140. The molecule has 0 atom stereocenters. The largest absolute Gasteiger partial charge is 0.321 e. The predicted molar refractivity (Wildman–Crippen MR) is 99.9 cm³/mol. The van der Waals surface area contributed by atoms with Crippen LogP contribution in [0.15, 0.2) is 54.9 Å². The first-order valence-corrected chi connectivity index (χ1v) is 8.77. The number of hydrogen-bond acceptors (Lipinski definition) is 3. The van der Waals surface area contributed by atoms with Crippen LogP contribution in [-0.2, 0) is 0 Å². The van der Waals surface area contributed by atoms with Crippen molar-refractivity contribution in [1.82, 2.24) is 20.0 Å². The lowest BCUT2D eigenvalue weighted by molar-refractivity contribution is 0.102. The van der Waals surface area contributed by atoms with E-state index < -0.39 is 0 Å². The van der Waals surface area contributed by atoms with Gasteiger partial charge >= 0.3 is 0 Å². The molecule has 0 radical (unpaired) electrons. The molecule has 134 valence electrons. The summed E-state index contributed by atoms with van der Waals surface area (Å²) in [7, 11) is 0. The summed E-state index contributed by atoms with van der Waals surface area (Å²) in [5.41, 5.74) is 3.57. The lowest BCUT2D eigenvalue weighted by Crippen LogP contribution is -2.12. The summed E-state index contributed by atoms with van der Waals surface area (Å²) < 4.78 is 15.0. The molecule has 27 heavy (non-hydrogen) atoms. The van der Waals surface area contributed by atoms with E-state index in [9.17, 15) is 9.18 Å². The van der Waals surface area contributed by atoms with Gasteiger partial charge in [-0.3, -0.25) is 14.6 Å². The van der Waals surface area contributed by atoms with Crippen molar-refractivity contribution in [3.63, 3.8) is 0 Å². The van der Waals surface area contributed by atoms with Gasteiger partial charge < -0.3 is 5.32 Å². The van der Waals surface area contributed by atoms with Crippen molar-refractivity contribution in [3.05, 3.63) is 66.4 Å². The topological polar surface area (TPSA) is 75.6 Å². The minimum Gasteiger partial charge on any atom is -0.321 e. The van der Waals surface area contributed by atoms with Crippen LogP contribution in [0.3, 0.4) is 0 Å². The van der Waals surface area contributed by atoms with Crippen LogP contribution >= 0.6 is 0 Å². The van der Waals surface area contributed by atoms with E-state index in [2.05, 4.69) is 20.6 Å². The second kappa shape index (κ2) is 6.05. The molecule has 2 aromatic heterocycles. The van der Waals surface area contributed by atoms with Gasteiger partial charge in [-0.05, 0) is 54.8 Å². The van der Waals surface area contributed by atoms with E-state index >= 15 is 0 Å². The molecule has 0 bridgehead atoms. The van der Waals surface area contributed by atoms with Crippen molar-refractivity contribution in [1.29, 1.82) is 0 Å². The molecule has 4 aromatic rings. The summed E-state index contributed by atoms with van der Waals surface area (Å²) in [6.45, 7) is 0. The van der Waals surface area contributed by atoms with Crippen LogP contribution in [0, 0.1) is 5.82 Å². The number of aromatic nitrogens is 4. The molecule has 7 heteroatoms. The zero-order valence-electron chi connectivity index (χ0n) is 14.3. The van der Waals surface area contributed by atoms with Crippen LogP contribution in [0.2, 0.25) is 0 Å². The average Bonchev–Trinajstić information content (AvgIpc) is 3.25. The van der Waals surface area contributed by atoms with Gasteiger partial charge in [-0.2, -0.15) is 10.2 Å². The third-order valence-electron chi connectivity index (χ3n) is 4.74. The van der Waals surface area contributed by atoms with Crippen LogP contribution < -0.4 is 5.32 Å². The van der Waals surface area contributed by atoms with Gasteiger partial charge in [0.1, 0.15) is 5.82 Å². The maximum atomic E-state index is 13.0. The van der Waals surface area contributed by atoms with Gasteiger partial charge in [0.15, 0.2) is 5.69 Å². The van der Waals surface area contributed by atoms with Crippen molar-refractivity contribution >= 4 is 22.5 Å². The normalized spacial score (nSPS) is 13.8. The smallest absolute Gasteiger partial charge is 0.276 e. The third kappa shape index (κ3) is 2.97. The number of rotatable bonds is 4. The highest BCUT2D eigenvalue weighted by Gasteiger charge is 2.24. The van der Waals surface area contributed by atoms with E-state index in [0.29, 0.717) is 17.4 Å². The Hall–Kier alpha value is -3.48. The molecule has 2 aromatic carbocycles. The standard InChI is InChI=1S/C20H16FN5O/c21-14-2-4-15(5-3-14)23-20(27)19-17-9-12(1-8-18(17)24-25-19)13-10-22-26(11-13)16-6-7-16/h1-5,8-11,16H,6-7H2,(H,23,27)(H,24,25). The molecule has 5 rings (SSSR count). The van der Waals surface area contributed by atoms with E-state index in [0.717, 1.165) is 22.0 Å². The number of benzene rings is 2. The quantitative estimate of drug-likeness (QED) is 0.573. The molecule has 2 heterocycles. The molecular formula is C20H16FN5O. The number of hydrogen-bond donors (Lipinski definition) is 2. The molecular weight excluding hydrogens is 345 g/mol. The van der Waals surface area contributed by atoms with Crippen molar-refractivity contribution in [2.45, 2.75) is 18.9 Å². The second-order valence-corrected chi connectivity index (χ2v) is 6.73. The number of carbonyl (C=O) groups excluding carboxylic acids is 1. The highest BCUT2D eigenvalue weighted by Crippen LogP contribution is 2.35. The Morgan fingerprint density at radius 3 is 2.74 bits per heavy atom. The highest BCUT2D eigenvalue weighted by atomic mass is 19.1. The van der Waals surface area contributed by atoms with Crippen molar-refractivity contribution < 1.29 is 9.18 Å². The van der Waals surface area contributed by atoms with Crippen LogP contribution in [0.4, 0.5) is 10.1 Å². The number of amides is 1. The Labute approximate surface area is 154 Å². The van der Waals surface area contributed by atoms with Crippen molar-refractivity contribution in [2.24, 2.45) is 0 Å². The minimum absolute atomic E-state index is 0.297. The van der Waals surface area contributed by atoms with Gasteiger partial charge in [0.05, 0.1) is 17.8 Å². The molecule has 1 saturated carbocycles. The number of nitrogens with one attached hydrogen (secondary N) is 2. The van der Waals surface area contributed by atoms with Gasteiger partial charge in [0.25, 0.3) is 5.91 Å². The fraction of sp³-hybridized carbons (Fsp3) is 0.150. The molecule has 0 aliphatic heterocycles. The Morgan fingerprint density at radius 2 is 1.96 bits per heavy atom. The van der Waals surface area contributed by atoms with Crippen LogP contribution in [0.25, 0.3) is 22.0 Å². The monoisotopic (exact) mass is 361 g/mol. The number of halogens is 1. The van der Waals surface area contributed by atoms with Gasteiger partial charge in [-0.25, -0.2) is 4.39 Å². The number of anilines is 1.